The van der Waals surface area contributed by atoms with Crippen LogP contribution in [0.4, 0.5) is 0 Å². The van der Waals surface area contributed by atoms with Gasteiger partial charge in [0.2, 0.25) is 5.88 Å². The maximum atomic E-state index is 12.3. The van der Waals surface area contributed by atoms with Crippen molar-refractivity contribution in [1.29, 1.82) is 5.26 Å². The van der Waals surface area contributed by atoms with Crippen molar-refractivity contribution < 1.29 is 14.3 Å². The maximum Gasteiger partial charge on any atom is 0.315 e. The van der Waals surface area contributed by atoms with Crippen LogP contribution < -0.4 is 15.2 Å². The van der Waals surface area contributed by atoms with E-state index in [1.54, 1.807) is 36.4 Å². The zero-order chi connectivity index (χ0) is 22.0. The summed E-state index contributed by atoms with van der Waals surface area (Å²) in [7, 11) is 0. The lowest BCUT2D eigenvalue weighted by Gasteiger charge is -2.27. The van der Waals surface area contributed by atoms with Crippen molar-refractivity contribution >= 4 is 29.2 Å². The Hall–Kier alpha value is -3.46. The molecular weight excluding hydrogens is 435 g/mol. The van der Waals surface area contributed by atoms with E-state index in [2.05, 4.69) is 6.07 Å². The summed E-state index contributed by atoms with van der Waals surface area (Å²) in [5.41, 5.74) is 8.28. The van der Waals surface area contributed by atoms with Gasteiger partial charge in [-0.15, -0.1) is 0 Å². The lowest BCUT2D eigenvalue weighted by atomic mass is 9.83. The molecule has 0 saturated heterocycles. The first-order valence-corrected chi connectivity index (χ1v) is 10.1. The van der Waals surface area contributed by atoms with Crippen molar-refractivity contribution in [2.45, 2.75) is 12.3 Å². The predicted octanol–water partition coefficient (Wildman–Crippen LogP) is 5.36. The average Bonchev–Trinajstić information content (AvgIpc) is 2.74. The molecule has 0 aromatic heterocycles. The molecule has 1 unspecified atom stereocenters. The monoisotopic (exact) mass is 450 g/mol. The second kappa shape index (κ2) is 8.73. The van der Waals surface area contributed by atoms with Crippen LogP contribution in [0, 0.1) is 11.3 Å². The molecule has 5 nitrogen and oxygen atoms in total. The molecule has 7 heteroatoms. The Bertz CT molecular complexity index is 1210. The SMILES string of the molecule is N#CC1=C(N)Oc2cc(OC(=O)Cc3ccccc3)ccc2C1c1c(Cl)cccc1Cl. The van der Waals surface area contributed by atoms with Crippen molar-refractivity contribution in [2.24, 2.45) is 5.73 Å². The molecule has 0 aliphatic carbocycles. The largest absolute Gasteiger partial charge is 0.440 e. The van der Waals surface area contributed by atoms with E-state index in [0.29, 0.717) is 32.7 Å². The van der Waals surface area contributed by atoms with Gasteiger partial charge in [-0.2, -0.15) is 5.26 Å². The highest BCUT2D eigenvalue weighted by Gasteiger charge is 2.33. The van der Waals surface area contributed by atoms with Crippen LogP contribution in [0.1, 0.15) is 22.6 Å². The molecule has 3 aromatic rings. The van der Waals surface area contributed by atoms with Crippen molar-refractivity contribution in [1.82, 2.24) is 0 Å². The minimum atomic E-state index is -0.607. The van der Waals surface area contributed by atoms with Crippen LogP contribution in [0.5, 0.6) is 11.5 Å². The number of hydrogen-bond donors (Lipinski definition) is 1. The fourth-order valence-corrected chi connectivity index (χ4v) is 4.13. The van der Waals surface area contributed by atoms with E-state index in [9.17, 15) is 10.1 Å². The van der Waals surface area contributed by atoms with Crippen molar-refractivity contribution in [3.05, 3.63) is 105 Å². The van der Waals surface area contributed by atoms with Crippen LogP contribution in [0.15, 0.2) is 78.2 Å². The van der Waals surface area contributed by atoms with E-state index in [1.807, 2.05) is 30.3 Å². The van der Waals surface area contributed by atoms with Crippen LogP contribution in [0.3, 0.4) is 0 Å². The highest BCUT2D eigenvalue weighted by Crippen LogP contribution is 2.47. The Morgan fingerprint density at radius 1 is 1.06 bits per heavy atom. The number of hydrogen-bond acceptors (Lipinski definition) is 5. The van der Waals surface area contributed by atoms with E-state index in [4.69, 9.17) is 38.4 Å². The topological polar surface area (TPSA) is 85.3 Å². The molecule has 0 spiro atoms. The Kier molecular flexibility index (Phi) is 5.85. The number of ether oxygens (including phenoxy) is 2. The average molecular weight is 451 g/mol. The standard InChI is InChI=1S/C24H16Cl2N2O3/c25-18-7-4-8-19(26)23(18)22-16-10-9-15(12-20(16)31-24(28)17(22)13-27)30-21(29)11-14-5-2-1-3-6-14/h1-10,12,22H,11,28H2. The Labute approximate surface area is 189 Å². The van der Waals surface area contributed by atoms with Gasteiger partial charge in [-0.05, 0) is 23.8 Å². The van der Waals surface area contributed by atoms with Gasteiger partial charge >= 0.3 is 5.97 Å². The van der Waals surface area contributed by atoms with Gasteiger partial charge in [0.15, 0.2) is 0 Å². The third-order valence-electron chi connectivity index (χ3n) is 4.90. The number of rotatable bonds is 4. The summed E-state index contributed by atoms with van der Waals surface area (Å²) < 4.78 is 11.1. The number of allylic oxidation sites excluding steroid dienone is 1. The number of fused-ring (bicyclic) bond motifs is 1. The molecule has 3 aromatic carbocycles. The molecule has 1 aliphatic rings. The highest BCUT2D eigenvalue weighted by molar-refractivity contribution is 6.36. The normalized spacial score (nSPS) is 14.9. The fourth-order valence-electron chi connectivity index (χ4n) is 3.51. The van der Waals surface area contributed by atoms with Gasteiger partial charge in [0.25, 0.3) is 0 Å². The molecule has 1 atom stereocenters. The zero-order valence-corrected chi connectivity index (χ0v) is 17.7. The number of esters is 1. The lowest BCUT2D eigenvalue weighted by Crippen LogP contribution is -2.21. The molecule has 0 saturated carbocycles. The summed E-state index contributed by atoms with van der Waals surface area (Å²) >= 11 is 12.8. The van der Waals surface area contributed by atoms with Gasteiger partial charge in [-0.25, -0.2) is 0 Å². The Morgan fingerprint density at radius 2 is 1.77 bits per heavy atom. The van der Waals surface area contributed by atoms with Crippen LogP contribution in [0.2, 0.25) is 10.0 Å². The van der Waals surface area contributed by atoms with Gasteiger partial charge in [0.1, 0.15) is 23.1 Å². The van der Waals surface area contributed by atoms with Crippen molar-refractivity contribution in [2.75, 3.05) is 0 Å². The molecule has 0 fully saturated rings. The van der Waals surface area contributed by atoms with Crippen LogP contribution >= 0.6 is 23.2 Å². The van der Waals surface area contributed by atoms with Crippen molar-refractivity contribution in [3.63, 3.8) is 0 Å². The van der Waals surface area contributed by atoms with Gasteiger partial charge in [-0.3, -0.25) is 4.79 Å². The smallest absolute Gasteiger partial charge is 0.315 e. The molecule has 1 aliphatic heterocycles. The molecule has 0 bridgehead atoms. The van der Waals surface area contributed by atoms with Crippen LogP contribution in [-0.2, 0) is 11.2 Å². The number of carbonyl (C=O) groups is 1. The summed E-state index contributed by atoms with van der Waals surface area (Å²) in [4.78, 5) is 12.3. The summed E-state index contributed by atoms with van der Waals surface area (Å²) in [5.74, 6) is -0.402. The number of halogens is 2. The van der Waals surface area contributed by atoms with Crippen LogP contribution in [-0.4, -0.2) is 5.97 Å². The fraction of sp³-hybridized carbons (Fsp3) is 0.0833. The van der Waals surface area contributed by atoms with E-state index < -0.39 is 11.9 Å². The second-order valence-electron chi connectivity index (χ2n) is 6.90. The molecular formula is C24H16Cl2N2O3. The van der Waals surface area contributed by atoms with Crippen molar-refractivity contribution in [3.8, 4) is 17.6 Å². The van der Waals surface area contributed by atoms with Gasteiger partial charge in [-0.1, -0.05) is 65.7 Å². The molecule has 4 rings (SSSR count). The summed E-state index contributed by atoms with van der Waals surface area (Å²) in [6.07, 6.45) is 0.136. The number of nitriles is 1. The van der Waals surface area contributed by atoms with Gasteiger partial charge in [0.05, 0.1) is 12.3 Å². The molecule has 1 heterocycles. The van der Waals surface area contributed by atoms with Gasteiger partial charge < -0.3 is 15.2 Å². The second-order valence-corrected chi connectivity index (χ2v) is 7.71. The number of nitrogens with zero attached hydrogens (tertiary/aromatic N) is 1. The molecule has 154 valence electrons. The third kappa shape index (κ3) is 4.22. The maximum absolute atomic E-state index is 12.3. The third-order valence-corrected chi connectivity index (χ3v) is 5.56. The molecule has 0 radical (unpaired) electrons. The zero-order valence-electron chi connectivity index (χ0n) is 16.1. The van der Waals surface area contributed by atoms with E-state index in [0.717, 1.165) is 5.56 Å². The first-order chi connectivity index (χ1) is 15.0. The highest BCUT2D eigenvalue weighted by atomic mass is 35.5. The number of benzene rings is 3. The summed E-state index contributed by atoms with van der Waals surface area (Å²) in [5, 5.41) is 10.5. The number of nitrogens with two attached hydrogens (primary N) is 1. The Balaban J connectivity index is 1.68. The van der Waals surface area contributed by atoms with Crippen LogP contribution in [0.25, 0.3) is 0 Å². The first kappa shape index (κ1) is 20.8. The predicted molar refractivity (Wildman–Crippen MR) is 118 cm³/mol. The first-order valence-electron chi connectivity index (χ1n) is 9.38. The number of carbonyl (C=O) groups excluding carboxylic acids is 1. The summed E-state index contributed by atoms with van der Waals surface area (Å²) in [6.45, 7) is 0. The summed E-state index contributed by atoms with van der Waals surface area (Å²) in [6, 6.07) is 21.4. The quantitative estimate of drug-likeness (QED) is 0.427. The minimum Gasteiger partial charge on any atom is -0.440 e. The lowest BCUT2D eigenvalue weighted by molar-refractivity contribution is -0.133. The molecule has 31 heavy (non-hydrogen) atoms. The van der Waals surface area contributed by atoms with E-state index in [-0.39, 0.29) is 17.9 Å². The minimum absolute atomic E-state index is 0.0521. The van der Waals surface area contributed by atoms with Gasteiger partial charge in [0, 0.05) is 27.2 Å². The van der Waals surface area contributed by atoms with E-state index >= 15 is 0 Å². The molecule has 0 amide bonds. The Morgan fingerprint density at radius 3 is 2.45 bits per heavy atom. The van der Waals surface area contributed by atoms with E-state index in [1.165, 1.54) is 0 Å². The molecule has 2 N–H and O–H groups in total.